The van der Waals surface area contributed by atoms with Crippen molar-refractivity contribution in [1.82, 2.24) is 26.2 Å². The predicted molar refractivity (Wildman–Crippen MR) is 176 cm³/mol. The lowest BCUT2D eigenvalue weighted by molar-refractivity contribution is -0.145. The summed E-state index contributed by atoms with van der Waals surface area (Å²) in [5.74, 6) is -1.95. The SMILES string of the molecule is [B][C@@H](CCC)NC(=O)[C@H](Cc1ccc2ccccc2c1)NC(=O)[C@@H]1C(CC)CCN1C(=O)[C@@H](NC(=O)[C@H](C)NC)C(C)(C)C. The van der Waals surface area contributed by atoms with Crippen molar-refractivity contribution in [2.75, 3.05) is 13.6 Å². The Kier molecular flexibility index (Phi) is 12.4. The zero-order chi connectivity index (χ0) is 32.6. The van der Waals surface area contributed by atoms with Gasteiger partial charge in [-0.25, -0.2) is 0 Å². The number of likely N-dealkylation sites (N-methyl/N-ethyl adjacent to an activating group) is 1. The van der Waals surface area contributed by atoms with E-state index >= 15 is 0 Å². The molecule has 0 spiro atoms. The van der Waals surface area contributed by atoms with E-state index in [-0.39, 0.29) is 36.0 Å². The van der Waals surface area contributed by atoms with E-state index in [1.165, 1.54) is 0 Å². The standard InChI is InChI=1S/C34H50BN5O4/c1-8-12-27(35)38-31(42)26(20-22-15-16-24-13-10-11-14-25(24)19-22)37-32(43)28-23(9-2)17-18-40(28)33(44)29(34(4,5)6)39-30(41)21(3)36-7/h10-11,13-16,19,21,23,26-29,36H,8-9,12,17-18,20H2,1-7H3,(H,37,43)(H,38,42)(H,39,41)/t21-,23?,26-,27+,28-,29+/m0/s1. The van der Waals surface area contributed by atoms with Crippen LogP contribution in [0.1, 0.15) is 72.8 Å². The molecule has 4 amide bonds. The number of carbonyl (C=O) groups excluding carboxylic acids is 4. The molecule has 4 N–H and O–H groups in total. The van der Waals surface area contributed by atoms with Crippen LogP contribution in [0, 0.1) is 11.3 Å². The van der Waals surface area contributed by atoms with Gasteiger partial charge in [-0.15, -0.1) is 0 Å². The van der Waals surface area contributed by atoms with Gasteiger partial charge in [-0.2, -0.15) is 0 Å². The molecule has 1 aliphatic rings. The van der Waals surface area contributed by atoms with Crippen LogP contribution in [0.2, 0.25) is 0 Å². The van der Waals surface area contributed by atoms with Gasteiger partial charge >= 0.3 is 0 Å². The number of nitrogens with zero attached hydrogens (tertiary/aromatic N) is 1. The minimum Gasteiger partial charge on any atom is -0.360 e. The van der Waals surface area contributed by atoms with Crippen molar-refractivity contribution in [3.63, 3.8) is 0 Å². The molecule has 6 atom stereocenters. The minimum absolute atomic E-state index is 0.0850. The van der Waals surface area contributed by atoms with Crippen molar-refractivity contribution < 1.29 is 19.2 Å². The third-order valence-electron chi connectivity index (χ3n) is 8.64. The number of hydrogen-bond donors (Lipinski definition) is 4. The molecule has 1 saturated heterocycles. The largest absolute Gasteiger partial charge is 0.360 e. The first kappa shape index (κ1) is 35.1. The monoisotopic (exact) mass is 603 g/mol. The summed E-state index contributed by atoms with van der Waals surface area (Å²) in [4.78, 5) is 56.1. The van der Waals surface area contributed by atoms with Gasteiger partial charge < -0.3 is 26.2 Å². The molecule has 3 rings (SSSR count). The topological polar surface area (TPSA) is 120 Å². The molecule has 1 aliphatic heterocycles. The smallest absolute Gasteiger partial charge is 0.246 e. The molecule has 1 heterocycles. The van der Waals surface area contributed by atoms with Crippen molar-refractivity contribution in [2.24, 2.45) is 11.3 Å². The number of carbonyl (C=O) groups is 4. The van der Waals surface area contributed by atoms with Crippen LogP contribution in [0.25, 0.3) is 10.8 Å². The molecule has 2 aromatic rings. The number of benzene rings is 2. The van der Waals surface area contributed by atoms with Gasteiger partial charge in [-0.05, 0) is 60.4 Å². The Balaban J connectivity index is 1.90. The number of hydrogen-bond acceptors (Lipinski definition) is 5. The maximum absolute atomic E-state index is 14.1. The first-order valence-electron chi connectivity index (χ1n) is 15.9. The van der Waals surface area contributed by atoms with E-state index in [0.29, 0.717) is 25.8 Å². The average Bonchev–Trinajstić information content (AvgIpc) is 3.42. The summed E-state index contributed by atoms with van der Waals surface area (Å²) in [6.07, 6.45) is 3.02. The van der Waals surface area contributed by atoms with Crippen LogP contribution < -0.4 is 21.3 Å². The zero-order valence-electron chi connectivity index (χ0n) is 27.4. The molecule has 1 fully saturated rings. The van der Waals surface area contributed by atoms with Crippen LogP contribution >= 0.6 is 0 Å². The summed E-state index contributed by atoms with van der Waals surface area (Å²) in [6.45, 7) is 11.8. The summed E-state index contributed by atoms with van der Waals surface area (Å²) in [7, 11) is 7.84. The maximum atomic E-state index is 14.1. The van der Waals surface area contributed by atoms with E-state index < -0.39 is 35.5 Å². The van der Waals surface area contributed by atoms with Gasteiger partial charge in [-0.3, -0.25) is 19.2 Å². The van der Waals surface area contributed by atoms with Crippen molar-refractivity contribution in [3.8, 4) is 0 Å². The van der Waals surface area contributed by atoms with Crippen LogP contribution in [-0.4, -0.2) is 80.1 Å². The molecule has 0 aromatic heterocycles. The molecule has 0 aliphatic carbocycles. The second-order valence-corrected chi connectivity index (χ2v) is 13.1. The quantitative estimate of drug-likeness (QED) is 0.263. The molecule has 0 bridgehead atoms. The molecule has 238 valence electrons. The van der Waals surface area contributed by atoms with Crippen molar-refractivity contribution >= 4 is 42.2 Å². The fourth-order valence-electron chi connectivity index (χ4n) is 5.83. The predicted octanol–water partition coefficient (Wildman–Crippen LogP) is 3.04. The van der Waals surface area contributed by atoms with Crippen molar-refractivity contribution in [1.29, 1.82) is 0 Å². The molecule has 10 heteroatoms. The zero-order valence-corrected chi connectivity index (χ0v) is 27.4. The second-order valence-electron chi connectivity index (χ2n) is 13.1. The molecule has 2 radical (unpaired) electrons. The van der Waals surface area contributed by atoms with Crippen LogP contribution in [0.4, 0.5) is 0 Å². The van der Waals surface area contributed by atoms with E-state index in [0.717, 1.165) is 22.8 Å². The summed E-state index contributed by atoms with van der Waals surface area (Å²) in [5.41, 5.74) is 0.299. The van der Waals surface area contributed by atoms with E-state index in [4.69, 9.17) is 7.85 Å². The van der Waals surface area contributed by atoms with E-state index in [1.807, 2.05) is 77.1 Å². The highest BCUT2D eigenvalue weighted by Crippen LogP contribution is 2.31. The van der Waals surface area contributed by atoms with Gasteiger partial charge in [0.1, 0.15) is 18.1 Å². The summed E-state index contributed by atoms with van der Waals surface area (Å²) in [6, 6.07) is 11.0. The third-order valence-corrected chi connectivity index (χ3v) is 8.64. The highest BCUT2D eigenvalue weighted by Gasteiger charge is 2.46. The number of rotatable bonds is 13. The molecule has 0 saturated carbocycles. The summed E-state index contributed by atoms with van der Waals surface area (Å²) in [5, 5.41) is 13.8. The number of fused-ring (bicyclic) bond motifs is 1. The van der Waals surface area contributed by atoms with Crippen molar-refractivity contribution in [2.45, 2.75) is 104 Å². The Hall–Kier alpha value is -3.40. The van der Waals surface area contributed by atoms with Crippen LogP contribution in [0.5, 0.6) is 0 Å². The molecular weight excluding hydrogens is 553 g/mol. The Morgan fingerprint density at radius 1 is 0.977 bits per heavy atom. The average molecular weight is 604 g/mol. The normalized spacial score (nSPS) is 19.6. The Labute approximate surface area is 264 Å². The fraction of sp³-hybridized carbons (Fsp3) is 0.588. The highest BCUT2D eigenvalue weighted by atomic mass is 16.2. The summed E-state index contributed by atoms with van der Waals surface area (Å²) >= 11 is 0. The lowest BCUT2D eigenvalue weighted by Crippen LogP contribution is -2.61. The first-order chi connectivity index (χ1) is 20.8. The van der Waals surface area contributed by atoms with E-state index in [1.54, 1.807) is 18.9 Å². The van der Waals surface area contributed by atoms with Crippen LogP contribution in [0.15, 0.2) is 42.5 Å². The fourth-order valence-corrected chi connectivity index (χ4v) is 5.83. The number of nitrogens with one attached hydrogen (secondary N) is 4. The maximum Gasteiger partial charge on any atom is 0.246 e. The third kappa shape index (κ3) is 8.84. The molecule has 1 unspecified atom stereocenters. The van der Waals surface area contributed by atoms with E-state index in [2.05, 4.69) is 21.3 Å². The molecule has 9 nitrogen and oxygen atoms in total. The second kappa shape index (κ2) is 15.6. The minimum atomic E-state index is -0.892. The van der Waals surface area contributed by atoms with Gasteiger partial charge in [0.15, 0.2) is 0 Å². The van der Waals surface area contributed by atoms with Crippen LogP contribution in [-0.2, 0) is 25.6 Å². The van der Waals surface area contributed by atoms with Gasteiger partial charge in [0.2, 0.25) is 23.6 Å². The van der Waals surface area contributed by atoms with Gasteiger partial charge in [0.25, 0.3) is 0 Å². The lowest BCUT2D eigenvalue weighted by Gasteiger charge is -2.37. The van der Waals surface area contributed by atoms with Crippen LogP contribution in [0.3, 0.4) is 0 Å². The van der Waals surface area contributed by atoms with Gasteiger partial charge in [-0.1, -0.05) is 89.9 Å². The molecular formula is C34H50BN5O4. The molecule has 44 heavy (non-hydrogen) atoms. The molecule has 2 aromatic carbocycles. The lowest BCUT2D eigenvalue weighted by atomic mass is 9.85. The number of likely N-dealkylation sites (tertiary alicyclic amines) is 1. The van der Waals surface area contributed by atoms with E-state index in [9.17, 15) is 19.2 Å². The van der Waals surface area contributed by atoms with Crippen molar-refractivity contribution in [3.05, 3.63) is 48.0 Å². The Morgan fingerprint density at radius 3 is 2.27 bits per heavy atom. The number of amides is 4. The highest BCUT2D eigenvalue weighted by molar-refractivity contribution is 6.13. The Bertz CT molecular complexity index is 1310. The first-order valence-corrected chi connectivity index (χ1v) is 15.9. The summed E-state index contributed by atoms with van der Waals surface area (Å²) < 4.78 is 0. The Morgan fingerprint density at radius 2 is 1.66 bits per heavy atom. The van der Waals surface area contributed by atoms with Gasteiger partial charge in [0.05, 0.1) is 13.9 Å². The van der Waals surface area contributed by atoms with Gasteiger partial charge in [0, 0.05) is 13.0 Å².